The lowest BCUT2D eigenvalue weighted by Crippen LogP contribution is -2.42. The summed E-state index contributed by atoms with van der Waals surface area (Å²) in [5.74, 6) is 0.370. The number of piperidine rings is 1. The first-order valence-corrected chi connectivity index (χ1v) is 11.4. The van der Waals surface area contributed by atoms with Crippen LogP contribution in [0.2, 0.25) is 0 Å². The topological polar surface area (TPSA) is 83.6 Å². The highest BCUT2D eigenvalue weighted by Gasteiger charge is 2.24. The van der Waals surface area contributed by atoms with Gasteiger partial charge in [0.25, 0.3) is 0 Å². The van der Waals surface area contributed by atoms with Gasteiger partial charge in [-0.25, -0.2) is 9.78 Å². The van der Waals surface area contributed by atoms with Gasteiger partial charge in [0.05, 0.1) is 12.3 Å². The van der Waals surface area contributed by atoms with Gasteiger partial charge in [-0.15, -0.1) is 11.3 Å². The van der Waals surface area contributed by atoms with Crippen molar-refractivity contribution in [2.24, 2.45) is 5.92 Å². The molecule has 7 nitrogen and oxygen atoms in total. The molecule has 2 N–H and O–H groups in total. The molecule has 1 aromatic carbocycles. The van der Waals surface area contributed by atoms with Crippen LogP contribution in [-0.2, 0) is 9.53 Å². The summed E-state index contributed by atoms with van der Waals surface area (Å²) in [4.78, 5) is 30.2. The summed E-state index contributed by atoms with van der Waals surface area (Å²) in [5.41, 5.74) is 2.72. The van der Waals surface area contributed by atoms with Crippen LogP contribution in [0.1, 0.15) is 40.0 Å². The number of anilines is 2. The molecule has 1 saturated heterocycles. The van der Waals surface area contributed by atoms with Gasteiger partial charge in [0, 0.05) is 42.2 Å². The first-order valence-electron chi connectivity index (χ1n) is 10.5. The Morgan fingerprint density at radius 3 is 2.57 bits per heavy atom. The molecule has 1 aliphatic heterocycles. The summed E-state index contributed by atoms with van der Waals surface area (Å²) in [6, 6.07) is 8.06. The smallest absolute Gasteiger partial charge is 0.409 e. The van der Waals surface area contributed by atoms with Gasteiger partial charge in [-0.05, 0) is 37.8 Å². The van der Waals surface area contributed by atoms with E-state index in [9.17, 15) is 9.59 Å². The van der Waals surface area contributed by atoms with E-state index < -0.39 is 0 Å². The Balaban J connectivity index is 1.51. The Labute approximate surface area is 181 Å². The number of amides is 2. The number of likely N-dealkylation sites (tertiary alicyclic amines) is 1. The summed E-state index contributed by atoms with van der Waals surface area (Å²) in [6.07, 6.45) is 2.04. The van der Waals surface area contributed by atoms with Crippen molar-refractivity contribution >= 4 is 34.2 Å². The van der Waals surface area contributed by atoms with E-state index in [0.717, 1.165) is 34.9 Å². The minimum absolute atomic E-state index is 0.0342. The van der Waals surface area contributed by atoms with E-state index in [4.69, 9.17) is 9.72 Å². The van der Waals surface area contributed by atoms with E-state index in [0.29, 0.717) is 38.1 Å². The van der Waals surface area contributed by atoms with Gasteiger partial charge in [-0.1, -0.05) is 26.0 Å². The maximum absolute atomic E-state index is 11.9. The molecule has 0 radical (unpaired) electrons. The SMILES string of the molecule is CCOC(=O)N1CCC(Nc2nc(-c3ccc(NC(=O)CC(C)C)cc3)cs2)CC1. The van der Waals surface area contributed by atoms with Crippen LogP contribution in [0.3, 0.4) is 0 Å². The summed E-state index contributed by atoms with van der Waals surface area (Å²) in [5, 5.41) is 9.33. The van der Waals surface area contributed by atoms with E-state index in [-0.39, 0.29) is 12.0 Å². The number of rotatable bonds is 7. The van der Waals surface area contributed by atoms with E-state index in [2.05, 4.69) is 10.6 Å². The van der Waals surface area contributed by atoms with E-state index >= 15 is 0 Å². The molecule has 0 spiro atoms. The highest BCUT2D eigenvalue weighted by Crippen LogP contribution is 2.27. The number of benzene rings is 1. The van der Waals surface area contributed by atoms with Crippen molar-refractivity contribution in [1.82, 2.24) is 9.88 Å². The Morgan fingerprint density at radius 2 is 1.93 bits per heavy atom. The molecule has 0 atom stereocenters. The number of aromatic nitrogens is 1. The fourth-order valence-electron chi connectivity index (χ4n) is 3.38. The molecule has 2 heterocycles. The van der Waals surface area contributed by atoms with Gasteiger partial charge in [0.2, 0.25) is 5.91 Å². The van der Waals surface area contributed by atoms with Crippen molar-refractivity contribution in [3.05, 3.63) is 29.6 Å². The molecule has 2 amide bonds. The normalized spacial score (nSPS) is 14.6. The third-order valence-corrected chi connectivity index (χ3v) is 5.68. The zero-order valence-electron chi connectivity index (χ0n) is 17.8. The van der Waals surface area contributed by atoms with Crippen LogP contribution in [0, 0.1) is 5.92 Å². The van der Waals surface area contributed by atoms with Crippen LogP contribution < -0.4 is 10.6 Å². The standard InChI is InChI=1S/C22H30N4O3S/c1-4-29-22(28)26-11-9-18(10-12-26)24-21-25-19(14-30-21)16-5-7-17(8-6-16)23-20(27)13-15(2)3/h5-8,14-15,18H,4,9-13H2,1-3H3,(H,23,27)(H,24,25). The molecule has 30 heavy (non-hydrogen) atoms. The number of hydrogen-bond acceptors (Lipinski definition) is 6. The second kappa shape index (κ2) is 10.4. The zero-order valence-corrected chi connectivity index (χ0v) is 18.6. The third-order valence-electron chi connectivity index (χ3n) is 4.91. The molecule has 3 rings (SSSR count). The van der Waals surface area contributed by atoms with Crippen molar-refractivity contribution in [3.8, 4) is 11.3 Å². The van der Waals surface area contributed by atoms with Crippen LogP contribution in [0.4, 0.5) is 15.6 Å². The quantitative estimate of drug-likeness (QED) is 0.657. The lowest BCUT2D eigenvalue weighted by atomic mass is 10.1. The lowest BCUT2D eigenvalue weighted by molar-refractivity contribution is -0.116. The minimum Gasteiger partial charge on any atom is -0.450 e. The van der Waals surface area contributed by atoms with E-state index in [1.54, 1.807) is 16.2 Å². The van der Waals surface area contributed by atoms with Crippen molar-refractivity contribution in [1.29, 1.82) is 0 Å². The van der Waals surface area contributed by atoms with Crippen LogP contribution in [0.15, 0.2) is 29.6 Å². The number of thiazole rings is 1. The van der Waals surface area contributed by atoms with Crippen molar-refractivity contribution in [2.45, 2.75) is 46.1 Å². The van der Waals surface area contributed by atoms with E-state index in [1.165, 1.54) is 0 Å². The summed E-state index contributed by atoms with van der Waals surface area (Å²) >= 11 is 1.58. The van der Waals surface area contributed by atoms with Crippen molar-refractivity contribution in [2.75, 3.05) is 30.3 Å². The van der Waals surface area contributed by atoms with Gasteiger partial charge in [0.15, 0.2) is 5.13 Å². The molecule has 1 fully saturated rings. The molecule has 0 aliphatic carbocycles. The molecule has 2 aromatic rings. The number of carbonyl (C=O) groups is 2. The average Bonchev–Trinajstić information content (AvgIpc) is 3.17. The molecule has 0 saturated carbocycles. The third kappa shape index (κ3) is 6.19. The molecule has 0 bridgehead atoms. The largest absolute Gasteiger partial charge is 0.450 e. The molecular weight excluding hydrogens is 400 g/mol. The minimum atomic E-state index is -0.226. The van der Waals surface area contributed by atoms with E-state index in [1.807, 2.05) is 50.4 Å². The fraction of sp³-hybridized carbons (Fsp3) is 0.500. The zero-order chi connectivity index (χ0) is 21.5. The van der Waals surface area contributed by atoms with Crippen molar-refractivity contribution in [3.63, 3.8) is 0 Å². The second-order valence-corrected chi connectivity index (χ2v) is 8.72. The summed E-state index contributed by atoms with van der Waals surface area (Å²) in [6.45, 7) is 7.67. The predicted octanol–water partition coefficient (Wildman–Crippen LogP) is 4.83. The first-order chi connectivity index (χ1) is 14.4. The van der Waals surface area contributed by atoms with Gasteiger partial charge in [-0.3, -0.25) is 4.79 Å². The van der Waals surface area contributed by atoms with Crippen LogP contribution in [-0.4, -0.2) is 47.6 Å². The number of nitrogens with zero attached hydrogens (tertiary/aromatic N) is 2. The highest BCUT2D eigenvalue weighted by molar-refractivity contribution is 7.14. The van der Waals surface area contributed by atoms with Crippen LogP contribution in [0.5, 0.6) is 0 Å². The Kier molecular flexibility index (Phi) is 7.68. The second-order valence-electron chi connectivity index (χ2n) is 7.87. The van der Waals surface area contributed by atoms with Gasteiger partial charge >= 0.3 is 6.09 Å². The van der Waals surface area contributed by atoms with Crippen molar-refractivity contribution < 1.29 is 14.3 Å². The number of ether oxygens (including phenoxy) is 1. The summed E-state index contributed by atoms with van der Waals surface area (Å²) < 4.78 is 5.07. The summed E-state index contributed by atoms with van der Waals surface area (Å²) in [7, 11) is 0. The maximum Gasteiger partial charge on any atom is 0.409 e. The molecule has 1 aromatic heterocycles. The molecule has 162 valence electrons. The highest BCUT2D eigenvalue weighted by atomic mass is 32.1. The molecule has 0 unspecified atom stereocenters. The molecule has 1 aliphatic rings. The van der Waals surface area contributed by atoms with Gasteiger partial charge in [0.1, 0.15) is 0 Å². The Morgan fingerprint density at radius 1 is 1.23 bits per heavy atom. The number of carbonyl (C=O) groups excluding carboxylic acids is 2. The average molecular weight is 431 g/mol. The first kappa shape index (κ1) is 22.1. The number of nitrogens with one attached hydrogen (secondary N) is 2. The lowest BCUT2D eigenvalue weighted by Gasteiger charge is -2.31. The Bertz CT molecular complexity index is 842. The maximum atomic E-state index is 11.9. The number of hydrogen-bond donors (Lipinski definition) is 2. The molecule has 8 heteroatoms. The molecular formula is C22H30N4O3S. The van der Waals surface area contributed by atoms with Crippen LogP contribution >= 0.6 is 11.3 Å². The van der Waals surface area contributed by atoms with Gasteiger partial charge in [-0.2, -0.15) is 0 Å². The monoisotopic (exact) mass is 430 g/mol. The van der Waals surface area contributed by atoms with Crippen LogP contribution in [0.25, 0.3) is 11.3 Å². The fourth-order valence-corrected chi connectivity index (χ4v) is 4.17. The Hall–Kier alpha value is -2.61. The van der Waals surface area contributed by atoms with Gasteiger partial charge < -0.3 is 20.3 Å². The predicted molar refractivity (Wildman–Crippen MR) is 121 cm³/mol.